The molecule has 0 aliphatic rings. The molecule has 0 atom stereocenters. The van der Waals surface area contributed by atoms with E-state index in [1.54, 1.807) is 0 Å². The molecule has 0 rings (SSSR count). The Kier molecular flexibility index (Phi) is 8.43. The van der Waals surface area contributed by atoms with Crippen molar-refractivity contribution in [3.8, 4) is 0 Å². The van der Waals surface area contributed by atoms with Crippen LogP contribution in [0.3, 0.4) is 0 Å². The Bertz CT molecular complexity index is 227. The predicted octanol–water partition coefficient (Wildman–Crippen LogP) is 1.24. The number of rotatable bonds is 7. The molecule has 0 unspecified atom stereocenters. The molecule has 2 N–H and O–H groups in total. The lowest BCUT2D eigenvalue weighted by atomic mass is 10.1. The van der Waals surface area contributed by atoms with Gasteiger partial charge in [-0.15, -0.1) is 0 Å². The molecule has 4 nitrogen and oxygen atoms in total. The first-order valence-corrected chi connectivity index (χ1v) is 7.52. The van der Waals surface area contributed by atoms with Gasteiger partial charge in [0.15, 0.2) is 5.96 Å². The van der Waals surface area contributed by atoms with Crippen LogP contribution in [0.1, 0.15) is 20.8 Å². The van der Waals surface area contributed by atoms with Gasteiger partial charge in [0.1, 0.15) is 0 Å². The second-order valence-electron chi connectivity index (χ2n) is 4.82. The maximum Gasteiger partial charge on any atom is 0.191 e. The number of hydrogen-bond donors (Lipinski definition) is 2. The minimum atomic E-state index is 0.0852. The van der Waals surface area contributed by atoms with Crippen molar-refractivity contribution in [2.75, 3.05) is 45.7 Å². The Balaban J connectivity index is 4.28. The van der Waals surface area contributed by atoms with Crippen LogP contribution in [-0.4, -0.2) is 62.1 Å². The van der Waals surface area contributed by atoms with Gasteiger partial charge in [0.25, 0.3) is 0 Å². The van der Waals surface area contributed by atoms with Gasteiger partial charge in [0, 0.05) is 24.4 Å². The van der Waals surface area contributed by atoms with Crippen LogP contribution in [0.15, 0.2) is 4.99 Å². The molecule has 0 spiro atoms. The summed E-state index contributed by atoms with van der Waals surface area (Å²) in [7, 11) is 4.17. The van der Waals surface area contributed by atoms with E-state index >= 15 is 0 Å². The molecule has 0 aliphatic heterocycles. The van der Waals surface area contributed by atoms with Crippen LogP contribution >= 0.6 is 11.8 Å². The Morgan fingerprint density at radius 2 is 1.94 bits per heavy atom. The SMILES string of the molecule is CCNC(=NCC(C)(C)N(C)C)NCCSC. The molecule has 0 bridgehead atoms. The van der Waals surface area contributed by atoms with Gasteiger partial charge in [-0.3, -0.25) is 4.99 Å². The van der Waals surface area contributed by atoms with E-state index in [4.69, 9.17) is 0 Å². The van der Waals surface area contributed by atoms with Crippen molar-refractivity contribution in [3.63, 3.8) is 0 Å². The second-order valence-corrected chi connectivity index (χ2v) is 5.81. The molecule has 0 radical (unpaired) electrons. The Morgan fingerprint density at radius 3 is 2.41 bits per heavy atom. The normalized spacial score (nSPS) is 13.0. The summed E-state index contributed by atoms with van der Waals surface area (Å²) in [6.45, 7) is 9.12. The van der Waals surface area contributed by atoms with E-state index in [0.29, 0.717) is 0 Å². The van der Waals surface area contributed by atoms with Crippen molar-refractivity contribution >= 4 is 17.7 Å². The van der Waals surface area contributed by atoms with Crippen molar-refractivity contribution in [3.05, 3.63) is 0 Å². The third-order valence-corrected chi connectivity index (χ3v) is 3.39. The van der Waals surface area contributed by atoms with Gasteiger partial charge in [-0.05, 0) is 41.1 Å². The van der Waals surface area contributed by atoms with E-state index in [2.05, 4.69) is 61.6 Å². The molecule has 0 aromatic carbocycles. The van der Waals surface area contributed by atoms with E-state index in [0.717, 1.165) is 31.3 Å². The summed E-state index contributed by atoms with van der Waals surface area (Å²) < 4.78 is 0. The first-order chi connectivity index (χ1) is 7.94. The topological polar surface area (TPSA) is 39.7 Å². The number of likely N-dealkylation sites (N-methyl/N-ethyl adjacent to an activating group) is 1. The highest BCUT2D eigenvalue weighted by Crippen LogP contribution is 2.09. The molecule has 5 heteroatoms. The van der Waals surface area contributed by atoms with Gasteiger partial charge >= 0.3 is 0 Å². The van der Waals surface area contributed by atoms with Gasteiger partial charge in [0.05, 0.1) is 6.54 Å². The summed E-state index contributed by atoms with van der Waals surface area (Å²) in [4.78, 5) is 6.82. The molecular formula is C12H28N4S. The highest BCUT2D eigenvalue weighted by molar-refractivity contribution is 7.98. The van der Waals surface area contributed by atoms with Crippen LogP contribution in [0.4, 0.5) is 0 Å². The lowest BCUT2D eigenvalue weighted by Gasteiger charge is -2.31. The van der Waals surface area contributed by atoms with E-state index in [9.17, 15) is 0 Å². The van der Waals surface area contributed by atoms with Crippen molar-refractivity contribution in [2.45, 2.75) is 26.3 Å². The molecule has 17 heavy (non-hydrogen) atoms. The second kappa shape index (κ2) is 8.64. The molecule has 0 aliphatic carbocycles. The molecule has 0 saturated carbocycles. The highest BCUT2D eigenvalue weighted by atomic mass is 32.2. The van der Waals surface area contributed by atoms with Gasteiger partial charge in [-0.2, -0.15) is 11.8 Å². The molecule has 0 amide bonds. The van der Waals surface area contributed by atoms with Crippen molar-refractivity contribution in [1.82, 2.24) is 15.5 Å². The molecule has 102 valence electrons. The maximum atomic E-state index is 4.62. The fourth-order valence-electron chi connectivity index (χ4n) is 1.03. The summed E-state index contributed by atoms with van der Waals surface area (Å²) >= 11 is 1.84. The minimum absolute atomic E-state index is 0.0852. The summed E-state index contributed by atoms with van der Waals surface area (Å²) in [6, 6.07) is 0. The molecule has 0 fully saturated rings. The minimum Gasteiger partial charge on any atom is -0.357 e. The largest absolute Gasteiger partial charge is 0.357 e. The van der Waals surface area contributed by atoms with E-state index in [1.807, 2.05) is 11.8 Å². The summed E-state index contributed by atoms with van der Waals surface area (Å²) in [5, 5.41) is 6.60. The van der Waals surface area contributed by atoms with Crippen LogP contribution in [0.5, 0.6) is 0 Å². The first-order valence-electron chi connectivity index (χ1n) is 6.12. The van der Waals surface area contributed by atoms with Crippen LogP contribution < -0.4 is 10.6 Å². The van der Waals surface area contributed by atoms with Crippen LogP contribution in [-0.2, 0) is 0 Å². The number of nitrogens with one attached hydrogen (secondary N) is 2. The van der Waals surface area contributed by atoms with Gasteiger partial charge in [0.2, 0.25) is 0 Å². The average Bonchev–Trinajstić information content (AvgIpc) is 2.26. The third-order valence-electron chi connectivity index (χ3n) is 2.78. The lowest BCUT2D eigenvalue weighted by Crippen LogP contribution is -2.44. The maximum absolute atomic E-state index is 4.62. The zero-order valence-electron chi connectivity index (χ0n) is 12.1. The van der Waals surface area contributed by atoms with E-state index in [1.165, 1.54) is 0 Å². The summed E-state index contributed by atoms with van der Waals surface area (Å²) in [6.07, 6.45) is 2.11. The third kappa shape index (κ3) is 7.49. The fourth-order valence-corrected chi connectivity index (χ4v) is 1.33. The molecule has 0 aromatic rings. The monoisotopic (exact) mass is 260 g/mol. The van der Waals surface area contributed by atoms with Crippen LogP contribution in [0.25, 0.3) is 0 Å². The number of nitrogens with zero attached hydrogens (tertiary/aromatic N) is 2. The van der Waals surface area contributed by atoms with Crippen LogP contribution in [0, 0.1) is 0 Å². The smallest absolute Gasteiger partial charge is 0.191 e. The fraction of sp³-hybridized carbons (Fsp3) is 0.917. The zero-order chi connectivity index (χ0) is 13.3. The Labute approximate surface area is 111 Å². The standard InChI is InChI=1S/C12H28N4S/c1-7-13-11(14-8-9-17-6)15-10-12(2,3)16(4)5/h7-10H2,1-6H3,(H2,13,14,15). The quantitative estimate of drug-likeness (QED) is 0.410. The highest BCUT2D eigenvalue weighted by Gasteiger charge is 2.19. The molecular weight excluding hydrogens is 232 g/mol. The van der Waals surface area contributed by atoms with Crippen molar-refractivity contribution < 1.29 is 0 Å². The number of aliphatic imine (C=N–C) groups is 1. The number of hydrogen-bond acceptors (Lipinski definition) is 3. The summed E-state index contributed by atoms with van der Waals surface area (Å²) in [5.74, 6) is 2.01. The molecule has 0 aromatic heterocycles. The Morgan fingerprint density at radius 1 is 1.29 bits per heavy atom. The van der Waals surface area contributed by atoms with Crippen LogP contribution in [0.2, 0.25) is 0 Å². The average molecular weight is 260 g/mol. The first kappa shape index (κ1) is 16.6. The van der Waals surface area contributed by atoms with E-state index in [-0.39, 0.29) is 5.54 Å². The number of thioether (sulfide) groups is 1. The van der Waals surface area contributed by atoms with Gasteiger partial charge in [-0.25, -0.2) is 0 Å². The molecule has 0 saturated heterocycles. The van der Waals surface area contributed by atoms with Crippen molar-refractivity contribution in [1.29, 1.82) is 0 Å². The van der Waals surface area contributed by atoms with E-state index < -0.39 is 0 Å². The number of guanidine groups is 1. The summed E-state index contributed by atoms with van der Waals surface area (Å²) in [5.41, 5.74) is 0.0852. The lowest BCUT2D eigenvalue weighted by molar-refractivity contribution is 0.204. The van der Waals surface area contributed by atoms with Gasteiger partial charge in [-0.1, -0.05) is 0 Å². The van der Waals surface area contributed by atoms with Gasteiger partial charge < -0.3 is 15.5 Å². The Hall–Kier alpha value is -0.420. The predicted molar refractivity (Wildman–Crippen MR) is 80.1 cm³/mol. The molecule has 0 heterocycles. The zero-order valence-corrected chi connectivity index (χ0v) is 12.9. The van der Waals surface area contributed by atoms with Crippen molar-refractivity contribution in [2.24, 2.45) is 4.99 Å².